The van der Waals surface area contributed by atoms with Crippen molar-refractivity contribution in [2.75, 3.05) is 12.4 Å². The van der Waals surface area contributed by atoms with Crippen LogP contribution in [0.1, 0.15) is 56.7 Å². The van der Waals surface area contributed by atoms with Gasteiger partial charge in [-0.3, -0.25) is 4.79 Å². The minimum Gasteiger partial charge on any atom is -0.494 e. The summed E-state index contributed by atoms with van der Waals surface area (Å²) in [5.41, 5.74) is 1.48. The Balaban J connectivity index is 1.36. The van der Waals surface area contributed by atoms with Crippen molar-refractivity contribution in [3.8, 4) is 11.4 Å². The summed E-state index contributed by atoms with van der Waals surface area (Å²) in [5, 5.41) is 18.8. The summed E-state index contributed by atoms with van der Waals surface area (Å²) in [6.07, 6.45) is 8.11. The van der Waals surface area contributed by atoms with E-state index in [-0.39, 0.29) is 11.9 Å². The van der Waals surface area contributed by atoms with Crippen molar-refractivity contribution in [1.29, 1.82) is 0 Å². The van der Waals surface area contributed by atoms with Crippen molar-refractivity contribution in [3.63, 3.8) is 0 Å². The lowest BCUT2D eigenvalue weighted by Crippen LogP contribution is -2.39. The van der Waals surface area contributed by atoms with E-state index >= 15 is 0 Å². The van der Waals surface area contributed by atoms with Gasteiger partial charge in [-0.1, -0.05) is 12.8 Å². The van der Waals surface area contributed by atoms with E-state index in [1.165, 1.54) is 25.7 Å². The third-order valence-corrected chi connectivity index (χ3v) is 6.29. The van der Waals surface area contributed by atoms with Gasteiger partial charge in [-0.2, -0.15) is 4.68 Å². The van der Waals surface area contributed by atoms with Crippen LogP contribution in [0.2, 0.25) is 0 Å². The quantitative estimate of drug-likeness (QED) is 0.825. The van der Waals surface area contributed by atoms with Crippen LogP contribution in [0.5, 0.6) is 5.75 Å². The molecule has 8 nitrogen and oxygen atoms in total. The van der Waals surface area contributed by atoms with E-state index in [1.54, 1.807) is 11.8 Å². The fourth-order valence-corrected chi connectivity index (χ4v) is 4.65. The van der Waals surface area contributed by atoms with E-state index in [1.807, 2.05) is 18.2 Å². The van der Waals surface area contributed by atoms with Crippen molar-refractivity contribution >= 4 is 11.6 Å². The smallest absolute Gasteiger partial charge is 0.241 e. The third kappa shape index (κ3) is 3.26. The van der Waals surface area contributed by atoms with Crippen molar-refractivity contribution in [2.45, 2.75) is 62.9 Å². The van der Waals surface area contributed by atoms with E-state index in [4.69, 9.17) is 4.74 Å². The molecular weight excluding hydrogens is 356 g/mol. The van der Waals surface area contributed by atoms with Crippen LogP contribution in [0.25, 0.3) is 5.69 Å². The molecule has 3 atom stereocenters. The molecule has 1 saturated heterocycles. The topological polar surface area (TPSA) is 94.0 Å². The minimum absolute atomic E-state index is 0.0321. The van der Waals surface area contributed by atoms with Crippen LogP contribution >= 0.6 is 0 Å². The second-order valence-corrected chi connectivity index (χ2v) is 8.21. The fourth-order valence-electron chi connectivity index (χ4n) is 4.65. The highest BCUT2D eigenvalue weighted by Crippen LogP contribution is 2.40. The predicted octanol–water partition coefficient (Wildman–Crippen LogP) is 2.41. The van der Waals surface area contributed by atoms with Crippen LogP contribution in [0.3, 0.4) is 0 Å². The number of amides is 1. The van der Waals surface area contributed by atoms with Gasteiger partial charge in [0, 0.05) is 17.6 Å². The molecule has 3 unspecified atom stereocenters. The zero-order valence-electron chi connectivity index (χ0n) is 16.1. The maximum absolute atomic E-state index is 12.8. The van der Waals surface area contributed by atoms with Crippen LogP contribution in [-0.4, -0.2) is 45.3 Å². The van der Waals surface area contributed by atoms with E-state index in [0.717, 1.165) is 36.5 Å². The molecule has 1 amide bonds. The molecule has 2 heterocycles. The molecule has 3 aliphatic rings. The molecule has 28 heavy (non-hydrogen) atoms. The van der Waals surface area contributed by atoms with Gasteiger partial charge in [-0.15, -0.1) is 5.10 Å². The molecule has 1 aromatic carbocycles. The number of carbonyl (C=O) groups is 1. The zero-order chi connectivity index (χ0) is 19.1. The molecule has 0 spiro atoms. The molecule has 2 aromatic rings. The lowest BCUT2D eigenvalue weighted by molar-refractivity contribution is -0.117. The molecule has 2 saturated carbocycles. The van der Waals surface area contributed by atoms with Gasteiger partial charge in [-0.05, 0) is 66.6 Å². The number of nitrogens with zero attached hydrogens (tertiary/aromatic N) is 4. The predicted molar refractivity (Wildman–Crippen MR) is 104 cm³/mol. The van der Waals surface area contributed by atoms with Crippen LogP contribution in [0.4, 0.5) is 5.69 Å². The lowest BCUT2D eigenvalue weighted by atomic mass is 9.85. The number of hydrogen-bond donors (Lipinski definition) is 2. The Morgan fingerprint density at radius 2 is 2.11 bits per heavy atom. The number of nitrogens with one attached hydrogen (secondary N) is 2. The summed E-state index contributed by atoms with van der Waals surface area (Å²) in [5.74, 6) is 2.60. The van der Waals surface area contributed by atoms with Gasteiger partial charge in [0.25, 0.3) is 0 Å². The van der Waals surface area contributed by atoms with Crippen LogP contribution in [0.15, 0.2) is 18.2 Å². The number of tetrazole rings is 1. The van der Waals surface area contributed by atoms with Gasteiger partial charge in [-0.25, -0.2) is 0 Å². The van der Waals surface area contributed by atoms with Crippen molar-refractivity contribution < 1.29 is 9.53 Å². The Bertz CT molecular complexity index is 863. The molecule has 0 bridgehead atoms. The Morgan fingerprint density at radius 3 is 2.89 bits per heavy atom. The Labute approximate surface area is 164 Å². The molecule has 2 N–H and O–H groups in total. The van der Waals surface area contributed by atoms with Gasteiger partial charge in [0.15, 0.2) is 5.82 Å². The van der Waals surface area contributed by atoms with Gasteiger partial charge in [0.1, 0.15) is 11.4 Å². The summed E-state index contributed by atoms with van der Waals surface area (Å²) in [4.78, 5) is 12.8. The van der Waals surface area contributed by atoms with Gasteiger partial charge < -0.3 is 15.4 Å². The SMILES string of the molecule is COc1ccc(NC(=O)C2CC3CCCCC3N2)cc1-n1nnnc1C1CC1. The molecule has 0 radical (unpaired) electrons. The first-order valence-corrected chi connectivity index (χ1v) is 10.3. The molecular formula is C20H26N6O2. The lowest BCUT2D eigenvalue weighted by Gasteiger charge is -2.24. The van der Waals surface area contributed by atoms with E-state index < -0.39 is 0 Å². The Morgan fingerprint density at radius 1 is 1.25 bits per heavy atom. The van der Waals surface area contributed by atoms with Crippen LogP contribution < -0.4 is 15.4 Å². The largest absolute Gasteiger partial charge is 0.494 e. The van der Waals surface area contributed by atoms with Crippen LogP contribution in [0, 0.1) is 5.92 Å². The highest BCUT2D eigenvalue weighted by molar-refractivity contribution is 5.95. The maximum Gasteiger partial charge on any atom is 0.241 e. The highest BCUT2D eigenvalue weighted by atomic mass is 16.5. The molecule has 1 aliphatic heterocycles. The second-order valence-electron chi connectivity index (χ2n) is 8.21. The number of benzene rings is 1. The summed E-state index contributed by atoms with van der Waals surface area (Å²) in [6, 6.07) is 5.99. The number of aromatic nitrogens is 4. The number of rotatable bonds is 5. The van der Waals surface area contributed by atoms with Crippen molar-refractivity contribution in [3.05, 3.63) is 24.0 Å². The van der Waals surface area contributed by atoms with Gasteiger partial charge >= 0.3 is 0 Å². The summed E-state index contributed by atoms with van der Waals surface area (Å²) in [7, 11) is 1.63. The number of hydrogen-bond acceptors (Lipinski definition) is 6. The first-order valence-electron chi connectivity index (χ1n) is 10.3. The average molecular weight is 382 g/mol. The van der Waals surface area contributed by atoms with Crippen LogP contribution in [-0.2, 0) is 4.79 Å². The average Bonchev–Trinajstić information content (AvgIpc) is 3.28. The second kappa shape index (κ2) is 7.16. The molecule has 8 heteroatoms. The van der Waals surface area contributed by atoms with Crippen molar-refractivity contribution in [2.24, 2.45) is 5.92 Å². The molecule has 148 valence electrons. The molecule has 3 fully saturated rings. The molecule has 1 aromatic heterocycles. The number of anilines is 1. The van der Waals surface area contributed by atoms with Gasteiger partial charge in [0.2, 0.25) is 5.91 Å². The van der Waals surface area contributed by atoms with E-state index in [2.05, 4.69) is 26.2 Å². The number of carbonyl (C=O) groups excluding carboxylic acids is 1. The third-order valence-electron chi connectivity index (χ3n) is 6.29. The molecule has 5 rings (SSSR count). The first-order chi connectivity index (χ1) is 13.7. The standard InChI is InChI=1S/C20H26N6O2/c1-28-18-9-8-14(11-17(18)26-19(12-6-7-12)23-24-25-26)21-20(27)16-10-13-4-2-3-5-15(13)22-16/h8-9,11-13,15-16,22H,2-7,10H2,1H3,(H,21,27). The first kappa shape index (κ1) is 17.6. The summed E-state index contributed by atoms with van der Waals surface area (Å²) in [6.45, 7) is 0. The number of fused-ring (bicyclic) bond motifs is 1. The Kier molecular flexibility index (Phi) is 4.50. The number of ether oxygens (including phenoxy) is 1. The normalized spacial score (nSPS) is 26.7. The van der Waals surface area contributed by atoms with E-state index in [9.17, 15) is 4.79 Å². The molecule has 2 aliphatic carbocycles. The minimum atomic E-state index is -0.117. The fraction of sp³-hybridized carbons (Fsp3) is 0.600. The summed E-state index contributed by atoms with van der Waals surface area (Å²) < 4.78 is 7.24. The van der Waals surface area contributed by atoms with Crippen molar-refractivity contribution in [1.82, 2.24) is 25.5 Å². The monoisotopic (exact) mass is 382 g/mol. The Hall–Kier alpha value is -2.48. The van der Waals surface area contributed by atoms with Gasteiger partial charge in [0.05, 0.1) is 13.2 Å². The number of methoxy groups -OCH3 is 1. The highest BCUT2D eigenvalue weighted by Gasteiger charge is 2.38. The maximum atomic E-state index is 12.8. The zero-order valence-corrected chi connectivity index (χ0v) is 16.1. The van der Waals surface area contributed by atoms with E-state index in [0.29, 0.717) is 23.6 Å². The summed E-state index contributed by atoms with van der Waals surface area (Å²) >= 11 is 0.